The number of halogens is 1. The highest BCUT2D eigenvalue weighted by Gasteiger charge is 2.31. The molecule has 1 saturated heterocycles. The first-order valence-electron chi connectivity index (χ1n) is 10.5. The van der Waals surface area contributed by atoms with Gasteiger partial charge in [-0.25, -0.2) is 14.1 Å². The average molecular weight is 432 g/mol. The first-order valence-corrected chi connectivity index (χ1v) is 10.5. The molecule has 0 aliphatic carbocycles. The molecule has 2 aromatic rings. The fourth-order valence-electron chi connectivity index (χ4n) is 3.65. The van der Waals surface area contributed by atoms with Gasteiger partial charge >= 0.3 is 0 Å². The Morgan fingerprint density at radius 3 is 2.65 bits per heavy atom. The third kappa shape index (κ3) is 6.10. The van der Waals surface area contributed by atoms with E-state index in [1.807, 2.05) is 13.8 Å². The fraction of sp³-hybridized carbons (Fsp3) is 0.545. The molecule has 2 amide bonds. The maximum atomic E-state index is 14.0. The topological polar surface area (TPSA) is 80.6 Å². The van der Waals surface area contributed by atoms with E-state index < -0.39 is 6.10 Å². The second-order valence-corrected chi connectivity index (χ2v) is 8.36. The summed E-state index contributed by atoms with van der Waals surface area (Å²) < 4.78 is 21.5. The van der Waals surface area contributed by atoms with Crippen molar-refractivity contribution in [2.45, 2.75) is 47.0 Å². The van der Waals surface area contributed by atoms with E-state index >= 15 is 0 Å². The summed E-state index contributed by atoms with van der Waals surface area (Å²) in [4.78, 5) is 33.3. The molecule has 1 fully saturated rings. The summed E-state index contributed by atoms with van der Waals surface area (Å²) in [5, 5.41) is 4.24. The molecule has 1 aromatic heterocycles. The molecule has 1 atom stereocenters. The van der Waals surface area contributed by atoms with Crippen LogP contribution in [0.1, 0.15) is 31.1 Å². The zero-order valence-electron chi connectivity index (χ0n) is 18.5. The maximum Gasteiger partial charge on any atom is 0.244 e. The van der Waals surface area contributed by atoms with E-state index in [1.54, 1.807) is 36.9 Å². The van der Waals surface area contributed by atoms with E-state index in [1.165, 1.54) is 15.6 Å². The van der Waals surface area contributed by atoms with Crippen molar-refractivity contribution in [2.75, 3.05) is 26.2 Å². The van der Waals surface area contributed by atoms with Crippen molar-refractivity contribution < 1.29 is 18.7 Å². The highest BCUT2D eigenvalue weighted by atomic mass is 19.1. The first-order chi connectivity index (χ1) is 14.7. The third-order valence-corrected chi connectivity index (χ3v) is 5.15. The third-order valence-electron chi connectivity index (χ3n) is 5.15. The Balaban J connectivity index is 1.74. The number of carbonyl (C=O) groups is 2. The second-order valence-electron chi connectivity index (χ2n) is 8.36. The fourth-order valence-corrected chi connectivity index (χ4v) is 3.65. The molecule has 31 heavy (non-hydrogen) atoms. The number of hydrogen-bond donors (Lipinski definition) is 0. The minimum Gasteiger partial charge on any atom is -0.370 e. The number of rotatable bonds is 7. The molecule has 0 bridgehead atoms. The minimum absolute atomic E-state index is 0.00413. The normalized spacial score (nSPS) is 17.4. The summed E-state index contributed by atoms with van der Waals surface area (Å²) in [6, 6.07) is 6.43. The van der Waals surface area contributed by atoms with Crippen LogP contribution in [-0.2, 0) is 27.5 Å². The Bertz CT molecular complexity index is 930. The van der Waals surface area contributed by atoms with Crippen molar-refractivity contribution >= 4 is 11.8 Å². The first kappa shape index (κ1) is 22.9. The molecule has 2 heterocycles. The molecule has 9 heteroatoms. The predicted octanol–water partition coefficient (Wildman–Crippen LogP) is 1.95. The lowest BCUT2D eigenvalue weighted by Crippen LogP contribution is -2.42. The Labute approximate surface area is 182 Å². The van der Waals surface area contributed by atoms with Crippen LogP contribution in [-0.4, -0.2) is 68.7 Å². The quantitative estimate of drug-likeness (QED) is 0.669. The van der Waals surface area contributed by atoms with Gasteiger partial charge in [0.1, 0.15) is 24.0 Å². The van der Waals surface area contributed by atoms with Crippen molar-refractivity contribution in [1.29, 1.82) is 0 Å². The van der Waals surface area contributed by atoms with E-state index in [0.717, 1.165) is 0 Å². The van der Waals surface area contributed by atoms with Gasteiger partial charge in [-0.05, 0) is 25.8 Å². The Morgan fingerprint density at radius 1 is 1.26 bits per heavy atom. The molecule has 0 saturated carbocycles. The van der Waals surface area contributed by atoms with Crippen molar-refractivity contribution in [3.8, 4) is 0 Å². The smallest absolute Gasteiger partial charge is 0.244 e. The zero-order chi connectivity index (χ0) is 22.5. The van der Waals surface area contributed by atoms with Crippen LogP contribution in [0, 0.1) is 25.6 Å². The molecule has 0 spiro atoms. The lowest BCUT2D eigenvalue weighted by Gasteiger charge is -2.26. The number of benzene rings is 1. The van der Waals surface area contributed by atoms with Crippen LogP contribution < -0.4 is 0 Å². The number of hydrogen-bond acceptors (Lipinski definition) is 5. The number of aromatic nitrogens is 3. The largest absolute Gasteiger partial charge is 0.370 e. The number of ether oxygens (including phenoxy) is 1. The molecular weight excluding hydrogens is 401 g/mol. The van der Waals surface area contributed by atoms with Gasteiger partial charge < -0.3 is 14.5 Å². The van der Waals surface area contributed by atoms with Crippen molar-refractivity contribution in [3.05, 3.63) is 47.3 Å². The molecule has 1 aliphatic rings. The van der Waals surface area contributed by atoms with Gasteiger partial charge in [0.2, 0.25) is 11.8 Å². The van der Waals surface area contributed by atoms with Crippen LogP contribution in [0.3, 0.4) is 0 Å². The van der Waals surface area contributed by atoms with E-state index in [4.69, 9.17) is 4.74 Å². The van der Waals surface area contributed by atoms with Crippen LogP contribution in [0.15, 0.2) is 24.3 Å². The lowest BCUT2D eigenvalue weighted by atomic mass is 10.2. The van der Waals surface area contributed by atoms with Gasteiger partial charge in [0, 0.05) is 25.2 Å². The molecule has 1 aliphatic heterocycles. The van der Waals surface area contributed by atoms with Gasteiger partial charge in [-0.3, -0.25) is 9.59 Å². The zero-order valence-corrected chi connectivity index (χ0v) is 18.5. The van der Waals surface area contributed by atoms with Crippen molar-refractivity contribution in [1.82, 2.24) is 24.6 Å². The van der Waals surface area contributed by atoms with Gasteiger partial charge in [-0.15, -0.1) is 0 Å². The number of nitrogens with zero attached hydrogens (tertiary/aromatic N) is 5. The number of amides is 2. The second kappa shape index (κ2) is 10.00. The molecule has 0 N–H and O–H groups in total. The molecule has 1 unspecified atom stereocenters. The summed E-state index contributed by atoms with van der Waals surface area (Å²) >= 11 is 0. The highest BCUT2D eigenvalue weighted by Crippen LogP contribution is 2.15. The molecule has 168 valence electrons. The molecule has 3 rings (SSSR count). The van der Waals surface area contributed by atoms with Crippen molar-refractivity contribution in [3.63, 3.8) is 0 Å². The standard InChI is InChI=1S/C22H30FN5O3/c1-15(2)9-26-10-19(31-14-18-7-5-6-8-20(18)23)11-27(12-21(26)29)22(30)13-28-17(4)24-16(3)25-28/h5-8,15,19H,9-14H2,1-4H3. The molecule has 1 aromatic carbocycles. The van der Waals surface area contributed by atoms with E-state index in [2.05, 4.69) is 10.1 Å². The van der Waals surface area contributed by atoms with E-state index in [-0.39, 0.29) is 49.8 Å². The van der Waals surface area contributed by atoms with E-state index in [0.29, 0.717) is 30.3 Å². The summed E-state index contributed by atoms with van der Waals surface area (Å²) in [5.74, 6) is 0.820. The maximum absolute atomic E-state index is 14.0. The monoisotopic (exact) mass is 431 g/mol. The van der Waals surface area contributed by atoms with Crippen LogP contribution >= 0.6 is 0 Å². The van der Waals surface area contributed by atoms with Gasteiger partial charge in [0.05, 0.1) is 19.3 Å². The highest BCUT2D eigenvalue weighted by molar-refractivity contribution is 5.85. The SMILES string of the molecule is Cc1nc(C)n(CC(=O)N2CC(=O)N(CC(C)C)CC(OCc3ccccc3F)C2)n1. The summed E-state index contributed by atoms with van der Waals surface area (Å²) in [6.07, 6.45) is -0.424. The lowest BCUT2D eigenvalue weighted by molar-refractivity contribution is -0.139. The molecule has 8 nitrogen and oxygen atoms in total. The molecule has 0 radical (unpaired) electrons. The van der Waals surface area contributed by atoms with Gasteiger partial charge in [0.25, 0.3) is 0 Å². The van der Waals surface area contributed by atoms with Gasteiger partial charge in [-0.2, -0.15) is 5.10 Å². The number of aryl methyl sites for hydroxylation is 2. The van der Waals surface area contributed by atoms with Gasteiger partial charge in [-0.1, -0.05) is 32.0 Å². The van der Waals surface area contributed by atoms with Crippen LogP contribution in [0.2, 0.25) is 0 Å². The summed E-state index contributed by atoms with van der Waals surface area (Å²) in [7, 11) is 0. The number of carbonyl (C=O) groups excluding carboxylic acids is 2. The van der Waals surface area contributed by atoms with Crippen LogP contribution in [0.5, 0.6) is 0 Å². The van der Waals surface area contributed by atoms with Gasteiger partial charge in [0.15, 0.2) is 0 Å². The Kier molecular flexibility index (Phi) is 7.37. The van der Waals surface area contributed by atoms with Crippen LogP contribution in [0.4, 0.5) is 4.39 Å². The van der Waals surface area contributed by atoms with Crippen molar-refractivity contribution in [2.24, 2.45) is 5.92 Å². The Hall–Kier alpha value is -2.81. The van der Waals surface area contributed by atoms with Crippen LogP contribution in [0.25, 0.3) is 0 Å². The summed E-state index contributed by atoms with van der Waals surface area (Å²) in [5.41, 5.74) is 0.445. The van der Waals surface area contributed by atoms with E-state index in [9.17, 15) is 14.0 Å². The average Bonchev–Trinajstić information content (AvgIpc) is 2.92. The predicted molar refractivity (Wildman–Crippen MR) is 112 cm³/mol. The molecular formula is C22H30FN5O3. The minimum atomic E-state index is -0.424. The summed E-state index contributed by atoms with van der Waals surface area (Å²) in [6.45, 7) is 8.86. The Morgan fingerprint density at radius 2 is 2.00 bits per heavy atom.